The molecule has 0 aliphatic carbocycles. The average Bonchev–Trinajstić information content (AvgIpc) is 3.09. The number of nitrogens with one attached hydrogen (secondary N) is 1. The Kier molecular flexibility index (Phi) is 6.53. The molecule has 0 unspecified atom stereocenters. The lowest BCUT2D eigenvalue weighted by atomic mass is 10.2. The second-order valence-corrected chi connectivity index (χ2v) is 8.62. The summed E-state index contributed by atoms with van der Waals surface area (Å²) in [5.41, 5.74) is 2.40. The van der Waals surface area contributed by atoms with E-state index in [0.717, 1.165) is 10.9 Å². The van der Waals surface area contributed by atoms with Crippen molar-refractivity contribution in [3.05, 3.63) is 51.8 Å². The van der Waals surface area contributed by atoms with E-state index in [2.05, 4.69) is 5.32 Å². The number of rotatable bonds is 7. The van der Waals surface area contributed by atoms with Crippen LogP contribution in [0.25, 0.3) is 21.9 Å². The lowest BCUT2D eigenvalue weighted by molar-refractivity contribution is -0.113. The Morgan fingerprint density at radius 3 is 2.64 bits per heavy atom. The van der Waals surface area contributed by atoms with Crippen LogP contribution in [0.3, 0.4) is 0 Å². The lowest BCUT2D eigenvalue weighted by Crippen LogP contribution is -2.24. The molecule has 0 bridgehead atoms. The first-order valence-corrected chi connectivity index (χ1v) is 11.6. The molecule has 2 aromatic carbocycles. The summed E-state index contributed by atoms with van der Waals surface area (Å²) in [6.45, 7) is 2.31. The number of ether oxygens (including phenoxy) is 2. The van der Waals surface area contributed by atoms with Crippen molar-refractivity contribution in [2.75, 3.05) is 25.3 Å². The highest BCUT2D eigenvalue weighted by atomic mass is 35.5. The van der Waals surface area contributed by atoms with Gasteiger partial charge in [-0.05, 0) is 43.3 Å². The predicted molar refractivity (Wildman–Crippen MR) is 132 cm³/mol. The number of methoxy groups -OCH3 is 2. The molecule has 10 heteroatoms. The van der Waals surface area contributed by atoms with Crippen LogP contribution in [-0.4, -0.2) is 40.0 Å². The van der Waals surface area contributed by atoms with Crippen LogP contribution in [0.4, 0.5) is 5.69 Å². The molecule has 0 spiro atoms. The highest BCUT2D eigenvalue weighted by molar-refractivity contribution is 7.99. The number of halogens is 1. The molecule has 1 N–H and O–H groups in total. The van der Waals surface area contributed by atoms with Gasteiger partial charge in [0.2, 0.25) is 5.91 Å². The van der Waals surface area contributed by atoms with E-state index in [9.17, 15) is 9.59 Å². The third kappa shape index (κ3) is 4.26. The van der Waals surface area contributed by atoms with E-state index in [1.165, 1.54) is 18.9 Å². The van der Waals surface area contributed by atoms with Gasteiger partial charge in [-0.15, -0.1) is 0 Å². The summed E-state index contributed by atoms with van der Waals surface area (Å²) in [7, 11) is 4.97. The number of fused-ring (bicyclic) bond motifs is 3. The van der Waals surface area contributed by atoms with Crippen LogP contribution < -0.4 is 20.3 Å². The van der Waals surface area contributed by atoms with E-state index in [4.69, 9.17) is 26.1 Å². The van der Waals surface area contributed by atoms with Gasteiger partial charge >= 0.3 is 0 Å². The third-order valence-corrected chi connectivity index (χ3v) is 6.62. The maximum Gasteiger partial charge on any atom is 0.278 e. The molecule has 0 atom stereocenters. The number of hydrogen-bond donors (Lipinski definition) is 1. The molecule has 1 amide bonds. The molecule has 0 saturated carbocycles. The molecule has 33 heavy (non-hydrogen) atoms. The number of amides is 1. The molecule has 0 fully saturated rings. The van der Waals surface area contributed by atoms with Crippen molar-refractivity contribution >= 4 is 56.9 Å². The fraction of sp³-hybridized carbons (Fsp3) is 0.261. The number of benzene rings is 2. The van der Waals surface area contributed by atoms with Crippen molar-refractivity contribution in [3.63, 3.8) is 0 Å². The van der Waals surface area contributed by atoms with Crippen molar-refractivity contribution in [2.24, 2.45) is 7.05 Å². The minimum absolute atomic E-state index is 0.0790. The maximum absolute atomic E-state index is 13.3. The normalized spacial score (nSPS) is 11.2. The first-order chi connectivity index (χ1) is 15.9. The van der Waals surface area contributed by atoms with E-state index in [1.54, 1.807) is 29.9 Å². The molecule has 172 valence electrons. The molecule has 8 nitrogen and oxygen atoms in total. The highest BCUT2D eigenvalue weighted by Crippen LogP contribution is 2.30. The van der Waals surface area contributed by atoms with Gasteiger partial charge in [-0.25, -0.2) is 4.98 Å². The summed E-state index contributed by atoms with van der Waals surface area (Å²) in [6, 6.07) is 10.7. The SMILES string of the molecule is CCn1c(SCC(=O)Nc2ccc(OC)c(Cl)c2)nc2c3cc(OC)ccc3n(C)c2c1=O. The van der Waals surface area contributed by atoms with E-state index in [1.807, 2.05) is 36.7 Å². The number of thioether (sulfide) groups is 1. The van der Waals surface area contributed by atoms with Gasteiger partial charge in [-0.1, -0.05) is 23.4 Å². The Morgan fingerprint density at radius 1 is 1.18 bits per heavy atom. The number of aromatic nitrogens is 3. The number of carbonyl (C=O) groups is 1. The van der Waals surface area contributed by atoms with Crippen LogP contribution in [0, 0.1) is 0 Å². The second-order valence-electron chi connectivity index (χ2n) is 7.27. The Morgan fingerprint density at radius 2 is 1.97 bits per heavy atom. The number of anilines is 1. The quantitative estimate of drug-likeness (QED) is 0.309. The zero-order valence-electron chi connectivity index (χ0n) is 18.6. The number of nitrogens with zero attached hydrogens (tertiary/aromatic N) is 3. The van der Waals surface area contributed by atoms with Crippen molar-refractivity contribution < 1.29 is 14.3 Å². The molecule has 2 heterocycles. The van der Waals surface area contributed by atoms with Crippen molar-refractivity contribution in [3.8, 4) is 11.5 Å². The molecular weight excluding hydrogens is 464 g/mol. The van der Waals surface area contributed by atoms with Crippen molar-refractivity contribution in [2.45, 2.75) is 18.6 Å². The van der Waals surface area contributed by atoms with Gasteiger partial charge in [0, 0.05) is 24.7 Å². The van der Waals surface area contributed by atoms with E-state index < -0.39 is 0 Å². The van der Waals surface area contributed by atoms with Gasteiger partial charge in [0.05, 0.1) is 30.5 Å². The molecule has 0 aliphatic rings. The smallest absolute Gasteiger partial charge is 0.278 e. The van der Waals surface area contributed by atoms with Gasteiger partial charge < -0.3 is 19.4 Å². The van der Waals surface area contributed by atoms with E-state index in [0.29, 0.717) is 44.9 Å². The Labute approximate surface area is 199 Å². The fourth-order valence-corrected chi connectivity index (χ4v) is 4.83. The monoisotopic (exact) mass is 486 g/mol. The molecule has 2 aromatic heterocycles. The standard InChI is InChI=1S/C23H23ClN4O4S/c1-5-28-22(30)21-20(15-11-14(31-3)7-8-17(15)27(21)2)26-23(28)33-12-19(29)25-13-6-9-18(32-4)16(24)10-13/h6-11H,5,12H2,1-4H3,(H,25,29). The van der Waals surface area contributed by atoms with Crippen molar-refractivity contribution in [1.82, 2.24) is 14.1 Å². The minimum atomic E-state index is -0.238. The van der Waals surface area contributed by atoms with Crippen LogP contribution >= 0.6 is 23.4 Å². The highest BCUT2D eigenvalue weighted by Gasteiger charge is 2.19. The van der Waals surface area contributed by atoms with Gasteiger partial charge in [0.1, 0.15) is 22.5 Å². The third-order valence-electron chi connectivity index (χ3n) is 5.35. The summed E-state index contributed by atoms with van der Waals surface area (Å²) >= 11 is 7.34. The molecule has 4 aromatic rings. The Bertz CT molecular complexity index is 1430. The van der Waals surface area contributed by atoms with Crippen LogP contribution in [0.1, 0.15) is 6.92 Å². The summed E-state index contributed by atoms with van der Waals surface area (Å²) in [6.07, 6.45) is 0. The van der Waals surface area contributed by atoms with Gasteiger partial charge in [0.15, 0.2) is 5.16 Å². The maximum atomic E-state index is 13.3. The first-order valence-electron chi connectivity index (χ1n) is 10.2. The zero-order chi connectivity index (χ0) is 23.7. The molecule has 4 rings (SSSR count). The number of aryl methyl sites for hydroxylation is 1. The summed E-state index contributed by atoms with van der Waals surface area (Å²) < 4.78 is 13.9. The largest absolute Gasteiger partial charge is 0.497 e. The summed E-state index contributed by atoms with van der Waals surface area (Å²) in [5.74, 6) is 1.05. The van der Waals surface area contributed by atoms with Gasteiger partial charge in [-0.3, -0.25) is 14.2 Å². The minimum Gasteiger partial charge on any atom is -0.497 e. The van der Waals surface area contributed by atoms with Gasteiger partial charge in [-0.2, -0.15) is 0 Å². The topological polar surface area (TPSA) is 87.4 Å². The Balaban J connectivity index is 1.65. The van der Waals surface area contributed by atoms with Crippen LogP contribution in [0.15, 0.2) is 46.3 Å². The fourth-order valence-electron chi connectivity index (χ4n) is 3.72. The zero-order valence-corrected chi connectivity index (χ0v) is 20.2. The molecular formula is C23H23ClN4O4S. The number of carbonyl (C=O) groups excluding carboxylic acids is 1. The summed E-state index contributed by atoms with van der Waals surface area (Å²) in [4.78, 5) is 30.6. The predicted octanol–water partition coefficient (Wildman–Crippen LogP) is 4.31. The molecule has 0 radical (unpaired) electrons. The Hall–Kier alpha value is -3.17. The molecule has 0 aliphatic heterocycles. The van der Waals surface area contributed by atoms with E-state index in [-0.39, 0.29) is 17.2 Å². The number of hydrogen-bond acceptors (Lipinski definition) is 6. The lowest BCUT2D eigenvalue weighted by Gasteiger charge is -2.11. The van der Waals surface area contributed by atoms with E-state index >= 15 is 0 Å². The first kappa shape index (κ1) is 23.0. The second kappa shape index (κ2) is 9.36. The van der Waals surface area contributed by atoms with Crippen molar-refractivity contribution in [1.29, 1.82) is 0 Å². The summed E-state index contributed by atoms with van der Waals surface area (Å²) in [5, 5.41) is 4.52. The van der Waals surface area contributed by atoms with Crippen LogP contribution in [-0.2, 0) is 18.4 Å². The van der Waals surface area contributed by atoms with Crippen LogP contribution in [0.5, 0.6) is 11.5 Å². The van der Waals surface area contributed by atoms with Crippen LogP contribution in [0.2, 0.25) is 5.02 Å². The molecule has 0 saturated heterocycles. The average molecular weight is 487 g/mol. The van der Waals surface area contributed by atoms with Gasteiger partial charge in [0.25, 0.3) is 5.56 Å².